The second kappa shape index (κ2) is 15.7. The summed E-state index contributed by atoms with van der Waals surface area (Å²) in [7, 11) is 0. The van der Waals surface area contributed by atoms with E-state index >= 15 is 0 Å². The van der Waals surface area contributed by atoms with Gasteiger partial charge in [-0.1, -0.05) is 91.9 Å². The number of hydrogen-bond acceptors (Lipinski definition) is 8. The van der Waals surface area contributed by atoms with Crippen LogP contribution in [0, 0.1) is 30.1 Å². The third-order valence-electron chi connectivity index (χ3n) is 7.37. The maximum atomic E-state index is 13.7. The Hall–Kier alpha value is -1.91. The Morgan fingerprint density at radius 2 is 1.93 bits per heavy atom. The summed E-state index contributed by atoms with van der Waals surface area (Å²) in [6, 6.07) is 0. The molecule has 234 valence electrons. The number of nitrogens with one attached hydrogen (secondary N) is 1. The summed E-state index contributed by atoms with van der Waals surface area (Å²) in [5, 5.41) is 16.9. The van der Waals surface area contributed by atoms with Crippen LogP contribution in [0.4, 0.5) is 4.79 Å². The van der Waals surface area contributed by atoms with Gasteiger partial charge in [-0.3, -0.25) is 9.59 Å². The Labute approximate surface area is 267 Å². The number of amides is 1. The molecule has 0 bridgehead atoms. The van der Waals surface area contributed by atoms with Crippen molar-refractivity contribution in [2.45, 2.75) is 77.3 Å². The van der Waals surface area contributed by atoms with Crippen LogP contribution in [0.2, 0.25) is 0 Å². The average Bonchev–Trinajstić information content (AvgIpc) is 3.30. The fourth-order valence-corrected chi connectivity index (χ4v) is 5.47. The van der Waals surface area contributed by atoms with Gasteiger partial charge in [0.05, 0.1) is 34.6 Å². The first-order valence-corrected chi connectivity index (χ1v) is 15.8. The highest BCUT2D eigenvalue weighted by molar-refractivity contribution is 7.09. The number of halogens is 3. The summed E-state index contributed by atoms with van der Waals surface area (Å²) in [4.78, 5) is 43.6. The van der Waals surface area contributed by atoms with E-state index in [-0.39, 0.29) is 29.9 Å². The first-order chi connectivity index (χ1) is 19.4. The monoisotopic (exact) mass is 662 g/mol. The number of carbonyl (C=O) groups is 3. The van der Waals surface area contributed by atoms with E-state index in [9.17, 15) is 19.5 Å². The highest BCUT2D eigenvalue weighted by Crippen LogP contribution is 2.33. The Morgan fingerprint density at radius 1 is 1.26 bits per heavy atom. The number of ketones is 1. The van der Waals surface area contributed by atoms with Gasteiger partial charge in [-0.2, -0.15) is 0 Å². The van der Waals surface area contributed by atoms with Crippen LogP contribution in [0.25, 0.3) is 6.08 Å². The van der Waals surface area contributed by atoms with Crippen molar-refractivity contribution < 1.29 is 29.0 Å². The summed E-state index contributed by atoms with van der Waals surface area (Å²) in [6.07, 6.45) is 4.88. The van der Waals surface area contributed by atoms with Crippen molar-refractivity contribution in [3.8, 4) is 0 Å². The van der Waals surface area contributed by atoms with Gasteiger partial charge < -0.3 is 19.9 Å². The average molecular weight is 664 g/mol. The van der Waals surface area contributed by atoms with Crippen molar-refractivity contribution in [1.29, 1.82) is 0 Å². The number of aliphatic hydroxyl groups excluding tert-OH is 1. The molecule has 1 aromatic heterocycles. The van der Waals surface area contributed by atoms with Crippen LogP contribution in [0.3, 0.4) is 0 Å². The molecule has 0 fully saturated rings. The van der Waals surface area contributed by atoms with Crippen molar-refractivity contribution in [3.63, 3.8) is 0 Å². The number of aromatic nitrogens is 1. The first kappa shape index (κ1) is 36.3. The molecule has 12 heteroatoms. The van der Waals surface area contributed by atoms with Crippen molar-refractivity contribution >= 4 is 70.1 Å². The van der Waals surface area contributed by atoms with Crippen molar-refractivity contribution in [2.75, 3.05) is 13.2 Å². The van der Waals surface area contributed by atoms with Crippen LogP contribution in [0.15, 0.2) is 34.8 Å². The number of alkyl halides is 3. The standard InChI is InChI=1S/C30H41Cl3N2O6S/c1-17-9-8-10-18(2)26(41-28(39)40-16-30(31,32)33)20(4)27(38)29(6,7)24(36)13-25(37)34-14-22(11-17)19(3)12-23-15-42-21(5)35-23/h8-9,11-12,15,18,20,22,24,26,36H,10,13-14,16H2,1-7H3,(H,34,37)/t18-,20+,22+,24-,26-/m0/s1. The maximum Gasteiger partial charge on any atom is 0.508 e. The van der Waals surface area contributed by atoms with Gasteiger partial charge in [-0.15, -0.1) is 11.3 Å². The molecule has 0 aromatic carbocycles. The highest BCUT2D eigenvalue weighted by atomic mass is 35.6. The van der Waals surface area contributed by atoms with E-state index in [0.717, 1.165) is 21.8 Å². The molecule has 0 aliphatic carbocycles. The minimum atomic E-state index is -1.82. The van der Waals surface area contributed by atoms with E-state index in [1.165, 1.54) is 0 Å². The molecule has 2 N–H and O–H groups in total. The van der Waals surface area contributed by atoms with Crippen LogP contribution < -0.4 is 5.32 Å². The van der Waals surface area contributed by atoms with Gasteiger partial charge >= 0.3 is 6.16 Å². The summed E-state index contributed by atoms with van der Waals surface area (Å²) in [6.45, 7) is 12.3. The molecule has 0 saturated carbocycles. The molecule has 2 heterocycles. The van der Waals surface area contributed by atoms with Gasteiger partial charge in [0.1, 0.15) is 18.5 Å². The highest BCUT2D eigenvalue weighted by Gasteiger charge is 2.43. The van der Waals surface area contributed by atoms with Crippen LogP contribution in [-0.4, -0.2) is 57.1 Å². The number of hydrogen-bond donors (Lipinski definition) is 2. The van der Waals surface area contributed by atoms with Crippen LogP contribution >= 0.6 is 46.1 Å². The lowest BCUT2D eigenvalue weighted by atomic mass is 9.73. The summed E-state index contributed by atoms with van der Waals surface area (Å²) < 4.78 is 8.72. The number of Topliss-reactive ketones (excluding diaryl/α,β-unsaturated/α-hetero) is 1. The second-order valence-corrected chi connectivity index (χ2v) is 15.0. The Morgan fingerprint density at radius 3 is 2.52 bits per heavy atom. The first-order valence-electron chi connectivity index (χ1n) is 13.7. The minimum Gasteiger partial charge on any atom is -0.430 e. The van der Waals surface area contributed by atoms with E-state index in [2.05, 4.69) is 16.4 Å². The summed E-state index contributed by atoms with van der Waals surface area (Å²) in [5.74, 6) is -2.04. The van der Waals surface area contributed by atoms with E-state index in [4.69, 9.17) is 44.3 Å². The number of rotatable bonds is 4. The maximum absolute atomic E-state index is 13.7. The number of thiazole rings is 1. The molecule has 8 nitrogen and oxygen atoms in total. The van der Waals surface area contributed by atoms with Gasteiger partial charge in [0.25, 0.3) is 0 Å². The molecule has 42 heavy (non-hydrogen) atoms. The number of ether oxygens (including phenoxy) is 2. The van der Waals surface area contributed by atoms with Crippen LogP contribution in [-0.2, 0) is 19.1 Å². The number of carbonyl (C=O) groups excluding carboxylic acids is 3. The SMILES string of the molecule is CC1=C[C@@H](C(C)=Cc2csc(C)n2)CNC(=O)C[C@H](O)C(C)(C)C(=O)[C@H](C)[C@@H](OC(=O)OCC(Cl)(Cl)Cl)[C@@H](C)CC=C1. The normalized spacial score (nSPS) is 26.8. The largest absolute Gasteiger partial charge is 0.508 e. The Balaban J connectivity index is 2.42. The third kappa shape index (κ3) is 11.3. The molecule has 1 aromatic rings. The number of aryl methyl sites for hydroxylation is 1. The zero-order chi connectivity index (χ0) is 31.8. The zero-order valence-corrected chi connectivity index (χ0v) is 28.2. The molecular weight excluding hydrogens is 623 g/mol. The molecule has 1 aliphatic heterocycles. The quantitative estimate of drug-likeness (QED) is 0.263. The number of aliphatic hydroxyl groups is 1. The smallest absolute Gasteiger partial charge is 0.430 e. The van der Waals surface area contributed by atoms with Gasteiger partial charge in [0.2, 0.25) is 9.70 Å². The summed E-state index contributed by atoms with van der Waals surface area (Å²) >= 11 is 18.6. The molecule has 2 rings (SSSR count). The molecule has 1 amide bonds. The van der Waals surface area contributed by atoms with Crippen molar-refractivity contribution in [3.05, 3.63) is 45.5 Å². The predicted octanol–water partition coefficient (Wildman–Crippen LogP) is 7.00. The fraction of sp³-hybridized carbons (Fsp3) is 0.600. The van der Waals surface area contributed by atoms with Crippen LogP contribution in [0.5, 0.6) is 0 Å². The van der Waals surface area contributed by atoms with Crippen molar-refractivity contribution in [1.82, 2.24) is 10.3 Å². The summed E-state index contributed by atoms with van der Waals surface area (Å²) in [5.41, 5.74) is 1.50. The van der Waals surface area contributed by atoms with E-state index in [1.54, 1.807) is 32.1 Å². The van der Waals surface area contributed by atoms with Crippen molar-refractivity contribution in [2.24, 2.45) is 23.2 Å². The van der Waals surface area contributed by atoms with Gasteiger partial charge in [-0.25, -0.2) is 9.78 Å². The minimum absolute atomic E-state index is 0.137. The topological polar surface area (TPSA) is 115 Å². The number of nitrogens with zero attached hydrogens (tertiary/aromatic N) is 1. The molecule has 1 aliphatic rings. The molecular formula is C30H41Cl3N2O6S. The zero-order valence-electron chi connectivity index (χ0n) is 25.1. The fourth-order valence-electron chi connectivity index (χ4n) is 4.74. The second-order valence-electron chi connectivity index (χ2n) is 11.4. The lowest BCUT2D eigenvalue weighted by molar-refractivity contribution is -0.143. The molecule has 0 saturated heterocycles. The molecule has 0 radical (unpaired) electrons. The number of allylic oxidation sites excluding steroid dienone is 3. The Kier molecular flexibility index (Phi) is 13.6. The van der Waals surface area contributed by atoms with Gasteiger partial charge in [0.15, 0.2) is 0 Å². The molecule has 0 unspecified atom stereocenters. The third-order valence-corrected chi connectivity index (χ3v) is 8.49. The van der Waals surface area contributed by atoms with E-state index < -0.39 is 40.1 Å². The molecule has 5 atom stereocenters. The van der Waals surface area contributed by atoms with E-state index in [0.29, 0.717) is 13.0 Å². The van der Waals surface area contributed by atoms with Gasteiger partial charge in [0, 0.05) is 17.8 Å². The van der Waals surface area contributed by atoms with Gasteiger partial charge in [-0.05, 0) is 39.2 Å². The van der Waals surface area contributed by atoms with Crippen LogP contribution in [0.1, 0.15) is 65.1 Å². The molecule has 0 spiro atoms. The Bertz CT molecular complexity index is 1200. The van der Waals surface area contributed by atoms with E-state index in [1.807, 2.05) is 51.3 Å². The lowest BCUT2D eigenvalue weighted by Gasteiger charge is -2.35. The predicted molar refractivity (Wildman–Crippen MR) is 169 cm³/mol. The lowest BCUT2D eigenvalue weighted by Crippen LogP contribution is -2.47.